The summed E-state index contributed by atoms with van der Waals surface area (Å²) in [4.78, 5) is 0. The Hall–Kier alpha value is -0.830. The van der Waals surface area contributed by atoms with Gasteiger partial charge < -0.3 is 5.11 Å². The molecule has 0 bridgehead atoms. The number of hydrogen-bond donors (Lipinski definition) is 1. The first-order chi connectivity index (χ1) is 5.72. The molecule has 1 N–H and O–H groups in total. The van der Waals surface area contributed by atoms with Gasteiger partial charge in [0.2, 0.25) is 0 Å². The summed E-state index contributed by atoms with van der Waals surface area (Å²) < 4.78 is 1.93. The van der Waals surface area contributed by atoms with E-state index in [2.05, 4.69) is 18.9 Å². The molecule has 0 aliphatic rings. The van der Waals surface area contributed by atoms with Crippen LogP contribution in [0.1, 0.15) is 19.5 Å². The molecule has 0 aromatic carbocycles. The lowest BCUT2D eigenvalue weighted by Gasteiger charge is -2.03. The molecular weight excluding hydrogens is 152 g/mol. The van der Waals surface area contributed by atoms with Gasteiger partial charge in [-0.3, -0.25) is 4.68 Å². The third-order valence-electron chi connectivity index (χ3n) is 1.62. The summed E-state index contributed by atoms with van der Waals surface area (Å²) in [5.41, 5.74) is 0.971. The van der Waals surface area contributed by atoms with Gasteiger partial charge in [0.05, 0.1) is 5.69 Å². The number of aromatic nitrogens is 2. The molecule has 0 amide bonds. The second-order valence-electron chi connectivity index (χ2n) is 3.40. The number of nitrogens with zero attached hydrogens (tertiary/aromatic N) is 2. The zero-order valence-electron chi connectivity index (χ0n) is 7.70. The Balaban J connectivity index is 2.52. The van der Waals surface area contributed by atoms with Crippen molar-refractivity contribution in [1.29, 1.82) is 0 Å². The lowest BCUT2D eigenvalue weighted by Crippen LogP contribution is -2.05. The Morgan fingerprint density at radius 2 is 2.33 bits per heavy atom. The minimum absolute atomic E-state index is 0.179. The standard InChI is InChI=1S/C9H16N2O/c1-8(2)7-11-5-3-9(10-11)4-6-12/h3,5,8,12H,4,6-7H2,1-2H3. The van der Waals surface area contributed by atoms with E-state index in [4.69, 9.17) is 5.11 Å². The quantitative estimate of drug-likeness (QED) is 0.730. The first kappa shape index (κ1) is 9.26. The number of hydrogen-bond acceptors (Lipinski definition) is 2. The fraction of sp³-hybridized carbons (Fsp3) is 0.667. The van der Waals surface area contributed by atoms with Crippen LogP contribution in [-0.2, 0) is 13.0 Å². The van der Waals surface area contributed by atoms with Crippen LogP contribution in [0.4, 0.5) is 0 Å². The van der Waals surface area contributed by atoms with Crippen LogP contribution in [0.25, 0.3) is 0 Å². The van der Waals surface area contributed by atoms with Crippen LogP contribution in [0.15, 0.2) is 12.3 Å². The van der Waals surface area contributed by atoms with Gasteiger partial charge in [0.25, 0.3) is 0 Å². The van der Waals surface area contributed by atoms with Crippen molar-refractivity contribution in [3.05, 3.63) is 18.0 Å². The fourth-order valence-corrected chi connectivity index (χ4v) is 1.13. The maximum atomic E-state index is 8.66. The largest absolute Gasteiger partial charge is 0.396 e. The molecule has 0 aliphatic heterocycles. The van der Waals surface area contributed by atoms with Crippen molar-refractivity contribution in [3.63, 3.8) is 0 Å². The van der Waals surface area contributed by atoms with Gasteiger partial charge >= 0.3 is 0 Å². The van der Waals surface area contributed by atoms with Crippen molar-refractivity contribution in [2.75, 3.05) is 6.61 Å². The maximum absolute atomic E-state index is 8.66. The summed E-state index contributed by atoms with van der Waals surface area (Å²) in [6, 6.07) is 1.96. The molecule has 1 rings (SSSR count). The molecule has 3 nitrogen and oxygen atoms in total. The molecule has 0 unspecified atom stereocenters. The highest BCUT2D eigenvalue weighted by Gasteiger charge is 1.99. The lowest BCUT2D eigenvalue weighted by molar-refractivity contribution is 0.297. The zero-order valence-corrected chi connectivity index (χ0v) is 7.70. The minimum Gasteiger partial charge on any atom is -0.396 e. The monoisotopic (exact) mass is 168 g/mol. The Bertz CT molecular complexity index is 230. The molecule has 68 valence electrons. The lowest BCUT2D eigenvalue weighted by atomic mass is 10.2. The number of aliphatic hydroxyl groups is 1. The predicted molar refractivity (Wildman–Crippen MR) is 47.9 cm³/mol. The van der Waals surface area contributed by atoms with Crippen molar-refractivity contribution < 1.29 is 5.11 Å². The van der Waals surface area contributed by atoms with Crippen LogP contribution in [0.2, 0.25) is 0 Å². The van der Waals surface area contributed by atoms with E-state index in [0.717, 1.165) is 12.2 Å². The van der Waals surface area contributed by atoms with E-state index in [-0.39, 0.29) is 6.61 Å². The molecule has 0 saturated carbocycles. The van der Waals surface area contributed by atoms with Crippen LogP contribution in [-0.4, -0.2) is 21.5 Å². The van der Waals surface area contributed by atoms with Gasteiger partial charge in [-0.25, -0.2) is 0 Å². The van der Waals surface area contributed by atoms with Crippen molar-refractivity contribution in [1.82, 2.24) is 9.78 Å². The molecule has 0 fully saturated rings. The van der Waals surface area contributed by atoms with Gasteiger partial charge in [-0.15, -0.1) is 0 Å². The first-order valence-corrected chi connectivity index (χ1v) is 4.35. The average molecular weight is 168 g/mol. The highest BCUT2D eigenvalue weighted by atomic mass is 16.3. The zero-order chi connectivity index (χ0) is 8.97. The molecule has 0 spiro atoms. The predicted octanol–water partition coefficient (Wildman–Crippen LogP) is 1.07. The van der Waals surface area contributed by atoms with Crippen molar-refractivity contribution in [3.8, 4) is 0 Å². The van der Waals surface area contributed by atoms with E-state index in [1.54, 1.807) is 0 Å². The molecule has 1 heterocycles. The minimum atomic E-state index is 0.179. The summed E-state index contributed by atoms with van der Waals surface area (Å²) in [6.07, 6.45) is 2.62. The number of aliphatic hydroxyl groups excluding tert-OH is 1. The summed E-state index contributed by atoms with van der Waals surface area (Å²) in [7, 11) is 0. The molecule has 0 aliphatic carbocycles. The Kier molecular flexibility index (Phi) is 3.29. The van der Waals surface area contributed by atoms with E-state index < -0.39 is 0 Å². The van der Waals surface area contributed by atoms with Crippen LogP contribution in [0.3, 0.4) is 0 Å². The molecule has 0 atom stereocenters. The van der Waals surface area contributed by atoms with Crippen LogP contribution in [0, 0.1) is 5.92 Å². The first-order valence-electron chi connectivity index (χ1n) is 4.35. The van der Waals surface area contributed by atoms with Crippen LogP contribution >= 0.6 is 0 Å². The van der Waals surface area contributed by atoms with Crippen molar-refractivity contribution in [2.45, 2.75) is 26.8 Å². The van der Waals surface area contributed by atoms with Gasteiger partial charge in [0.1, 0.15) is 0 Å². The van der Waals surface area contributed by atoms with Crippen molar-refractivity contribution in [2.24, 2.45) is 5.92 Å². The van der Waals surface area contributed by atoms with Gasteiger partial charge in [-0.1, -0.05) is 13.8 Å². The smallest absolute Gasteiger partial charge is 0.0647 e. The second kappa shape index (κ2) is 4.26. The molecule has 1 aromatic heterocycles. The van der Waals surface area contributed by atoms with E-state index in [1.165, 1.54) is 0 Å². The van der Waals surface area contributed by atoms with Crippen LogP contribution in [0.5, 0.6) is 0 Å². The molecular formula is C9H16N2O. The van der Waals surface area contributed by atoms with Gasteiger partial charge in [-0.2, -0.15) is 5.10 Å². The second-order valence-corrected chi connectivity index (χ2v) is 3.40. The summed E-state index contributed by atoms with van der Waals surface area (Å²) in [6.45, 7) is 5.45. The van der Waals surface area contributed by atoms with E-state index in [9.17, 15) is 0 Å². The van der Waals surface area contributed by atoms with Gasteiger partial charge in [0.15, 0.2) is 0 Å². The summed E-state index contributed by atoms with van der Waals surface area (Å²) >= 11 is 0. The van der Waals surface area contributed by atoms with Crippen LogP contribution < -0.4 is 0 Å². The maximum Gasteiger partial charge on any atom is 0.0647 e. The fourth-order valence-electron chi connectivity index (χ4n) is 1.13. The highest BCUT2D eigenvalue weighted by molar-refractivity contribution is 4.98. The Morgan fingerprint density at radius 3 is 2.92 bits per heavy atom. The van der Waals surface area contributed by atoms with E-state index >= 15 is 0 Å². The SMILES string of the molecule is CC(C)Cn1ccc(CCO)n1. The summed E-state index contributed by atoms with van der Waals surface area (Å²) in [5, 5.41) is 13.0. The molecule has 3 heteroatoms. The van der Waals surface area contributed by atoms with Gasteiger partial charge in [0, 0.05) is 25.8 Å². The molecule has 0 radical (unpaired) electrons. The van der Waals surface area contributed by atoms with E-state index in [1.807, 2.05) is 16.9 Å². The Morgan fingerprint density at radius 1 is 1.58 bits per heavy atom. The number of rotatable bonds is 4. The molecule has 1 aromatic rings. The molecule has 12 heavy (non-hydrogen) atoms. The Labute approximate surface area is 73.0 Å². The summed E-state index contributed by atoms with van der Waals surface area (Å²) in [5.74, 6) is 0.617. The van der Waals surface area contributed by atoms with E-state index in [0.29, 0.717) is 12.3 Å². The normalized spacial score (nSPS) is 11.0. The van der Waals surface area contributed by atoms with Gasteiger partial charge in [-0.05, 0) is 12.0 Å². The third-order valence-corrected chi connectivity index (χ3v) is 1.62. The molecule has 0 saturated heterocycles. The van der Waals surface area contributed by atoms with Crippen molar-refractivity contribution >= 4 is 0 Å². The topological polar surface area (TPSA) is 38.0 Å². The highest BCUT2D eigenvalue weighted by Crippen LogP contribution is 2.00. The average Bonchev–Trinajstić information content (AvgIpc) is 2.36. The third kappa shape index (κ3) is 2.66.